The summed E-state index contributed by atoms with van der Waals surface area (Å²) in [5.41, 5.74) is 9.07. The average Bonchev–Trinajstić information content (AvgIpc) is 2.75. The Bertz CT molecular complexity index is 913. The van der Waals surface area contributed by atoms with Gasteiger partial charge in [0, 0.05) is 29.1 Å². The maximum absolute atomic E-state index is 12.1. The zero-order chi connectivity index (χ0) is 24.8. The van der Waals surface area contributed by atoms with Crippen molar-refractivity contribution in [2.24, 2.45) is 5.11 Å². The number of rotatable bonds is 14. The molecule has 0 saturated carbocycles. The Morgan fingerprint density at radius 3 is 2.00 bits per heavy atom. The maximum Gasteiger partial charge on any atom is 0.326 e. The van der Waals surface area contributed by atoms with Gasteiger partial charge in [0.1, 0.15) is 12.1 Å². The molecule has 0 unspecified atom stereocenters. The number of carbonyl (C=O) groups excluding carboxylic acids is 2. The van der Waals surface area contributed by atoms with Gasteiger partial charge < -0.3 is 31.3 Å². The van der Waals surface area contributed by atoms with Gasteiger partial charge in [-0.25, -0.2) is 14.4 Å². The summed E-state index contributed by atoms with van der Waals surface area (Å²) in [7, 11) is 0. The van der Waals surface area contributed by atoms with Crippen molar-refractivity contribution in [3.8, 4) is 0 Å². The number of aliphatic carboxylic acids is 3. The molecule has 3 amide bonds. The average molecular weight is 464 g/mol. The molecule has 178 valence electrons. The molecule has 6 N–H and O–H groups in total. The van der Waals surface area contributed by atoms with E-state index in [4.69, 9.17) is 15.7 Å². The molecular formula is C19H24N6O8. The highest BCUT2D eigenvalue weighted by Crippen LogP contribution is 2.13. The number of azide groups is 1. The molecule has 0 heterocycles. The largest absolute Gasteiger partial charge is 0.481 e. The number of unbranched alkanes of at least 4 members (excludes halogenated alkanes) is 1. The molecule has 0 radical (unpaired) electrons. The van der Waals surface area contributed by atoms with E-state index in [1.54, 1.807) is 0 Å². The van der Waals surface area contributed by atoms with Crippen molar-refractivity contribution >= 4 is 35.5 Å². The van der Waals surface area contributed by atoms with E-state index in [0.29, 0.717) is 24.1 Å². The third-order valence-corrected chi connectivity index (χ3v) is 4.35. The van der Waals surface area contributed by atoms with Gasteiger partial charge in [0.15, 0.2) is 0 Å². The fourth-order valence-corrected chi connectivity index (χ4v) is 2.65. The minimum Gasteiger partial charge on any atom is -0.481 e. The van der Waals surface area contributed by atoms with E-state index < -0.39 is 42.4 Å². The van der Waals surface area contributed by atoms with Crippen LogP contribution in [0.25, 0.3) is 10.4 Å². The number of carbonyl (C=O) groups is 5. The van der Waals surface area contributed by atoms with Crippen LogP contribution >= 0.6 is 0 Å². The monoisotopic (exact) mass is 464 g/mol. The lowest BCUT2D eigenvalue weighted by molar-refractivity contribution is -0.140. The molecular weight excluding hydrogens is 440 g/mol. The molecule has 0 aliphatic rings. The summed E-state index contributed by atoms with van der Waals surface area (Å²) in [5.74, 6) is -4.37. The first-order valence-electron chi connectivity index (χ1n) is 9.81. The molecule has 0 aliphatic heterocycles. The lowest BCUT2D eigenvalue weighted by Crippen LogP contribution is -2.51. The van der Waals surface area contributed by atoms with Gasteiger partial charge in [0.25, 0.3) is 5.91 Å². The second-order valence-corrected chi connectivity index (χ2v) is 6.82. The molecule has 1 rings (SSSR count). The van der Waals surface area contributed by atoms with Crippen LogP contribution in [0.5, 0.6) is 0 Å². The Kier molecular flexibility index (Phi) is 11.2. The zero-order valence-electron chi connectivity index (χ0n) is 17.4. The number of urea groups is 1. The summed E-state index contributed by atoms with van der Waals surface area (Å²) in [4.78, 5) is 59.7. The number of amides is 3. The summed E-state index contributed by atoms with van der Waals surface area (Å²) >= 11 is 0. The second kappa shape index (κ2) is 13.9. The van der Waals surface area contributed by atoms with Gasteiger partial charge in [-0.15, -0.1) is 0 Å². The van der Waals surface area contributed by atoms with Crippen LogP contribution in [0, 0.1) is 0 Å². The first kappa shape index (κ1) is 26.7. The highest BCUT2D eigenvalue weighted by atomic mass is 16.4. The van der Waals surface area contributed by atoms with Crippen LogP contribution in [0.2, 0.25) is 0 Å². The summed E-state index contributed by atoms with van der Waals surface area (Å²) in [6.07, 6.45) is -0.0832. The number of hydrogen-bond donors (Lipinski definition) is 6. The predicted octanol–water partition coefficient (Wildman–Crippen LogP) is 1.60. The van der Waals surface area contributed by atoms with Crippen LogP contribution in [-0.2, 0) is 14.4 Å². The summed E-state index contributed by atoms with van der Waals surface area (Å²) < 4.78 is 0. The minimum absolute atomic E-state index is 0.0202. The summed E-state index contributed by atoms with van der Waals surface area (Å²) in [6.45, 7) is 0.242. The van der Waals surface area contributed by atoms with E-state index in [9.17, 15) is 29.1 Å². The molecule has 0 aliphatic carbocycles. The maximum atomic E-state index is 12.1. The number of carboxylic acids is 3. The number of nitrogens with zero attached hydrogens (tertiary/aromatic N) is 3. The number of benzene rings is 1. The van der Waals surface area contributed by atoms with Crippen molar-refractivity contribution in [1.29, 1.82) is 0 Å². The van der Waals surface area contributed by atoms with Crippen molar-refractivity contribution in [2.75, 3.05) is 6.54 Å². The topological polar surface area (TPSA) is 231 Å². The first-order valence-corrected chi connectivity index (χ1v) is 9.81. The molecule has 2 atom stereocenters. The van der Waals surface area contributed by atoms with Crippen molar-refractivity contribution in [2.45, 2.75) is 44.2 Å². The third kappa shape index (κ3) is 10.5. The van der Waals surface area contributed by atoms with Gasteiger partial charge in [-0.3, -0.25) is 9.59 Å². The molecule has 0 bridgehead atoms. The van der Waals surface area contributed by atoms with E-state index in [1.165, 1.54) is 24.3 Å². The Labute approximate surface area is 187 Å². The van der Waals surface area contributed by atoms with E-state index in [0.717, 1.165) is 0 Å². The van der Waals surface area contributed by atoms with Gasteiger partial charge in [-0.2, -0.15) is 0 Å². The number of hydrogen-bond acceptors (Lipinski definition) is 6. The lowest BCUT2D eigenvalue weighted by atomic mass is 10.1. The van der Waals surface area contributed by atoms with Crippen LogP contribution in [-0.4, -0.2) is 63.8 Å². The SMILES string of the molecule is [N-]=[N+]=Nc1ccc(C(=O)NCCCC[C@H](NC(=O)N[C@@H](CCC(=O)O)C(=O)O)C(=O)O)cc1. The molecule has 14 heteroatoms. The fraction of sp³-hybridized carbons (Fsp3) is 0.421. The molecule has 0 spiro atoms. The molecule has 1 aromatic carbocycles. The molecule has 33 heavy (non-hydrogen) atoms. The van der Waals surface area contributed by atoms with Gasteiger partial charge in [-0.1, -0.05) is 17.2 Å². The first-order chi connectivity index (χ1) is 15.6. The van der Waals surface area contributed by atoms with Gasteiger partial charge in [0.2, 0.25) is 0 Å². The number of nitrogens with one attached hydrogen (secondary N) is 3. The predicted molar refractivity (Wildman–Crippen MR) is 113 cm³/mol. The van der Waals surface area contributed by atoms with E-state index >= 15 is 0 Å². The smallest absolute Gasteiger partial charge is 0.326 e. The van der Waals surface area contributed by atoms with Crippen LogP contribution in [0.15, 0.2) is 29.4 Å². The second-order valence-electron chi connectivity index (χ2n) is 6.82. The molecule has 1 aromatic rings. The highest BCUT2D eigenvalue weighted by molar-refractivity contribution is 5.94. The van der Waals surface area contributed by atoms with E-state index in [1.807, 2.05) is 5.32 Å². The van der Waals surface area contributed by atoms with Gasteiger partial charge >= 0.3 is 23.9 Å². The van der Waals surface area contributed by atoms with Crippen LogP contribution in [0.4, 0.5) is 10.5 Å². The Balaban J connectivity index is 2.43. The molecule has 14 nitrogen and oxygen atoms in total. The van der Waals surface area contributed by atoms with Crippen molar-refractivity contribution in [3.05, 3.63) is 40.3 Å². The fourth-order valence-electron chi connectivity index (χ4n) is 2.65. The minimum atomic E-state index is -1.48. The zero-order valence-corrected chi connectivity index (χ0v) is 17.4. The van der Waals surface area contributed by atoms with Gasteiger partial charge in [0.05, 0.1) is 0 Å². The Morgan fingerprint density at radius 2 is 1.48 bits per heavy atom. The van der Waals surface area contributed by atoms with Crippen LogP contribution in [0.3, 0.4) is 0 Å². The van der Waals surface area contributed by atoms with Crippen molar-refractivity contribution < 1.29 is 39.3 Å². The number of carboxylic acid groups (broad SMARTS) is 3. The summed E-state index contributed by atoms with van der Waals surface area (Å²) in [6, 6.07) is 2.12. The van der Waals surface area contributed by atoms with E-state index in [-0.39, 0.29) is 25.3 Å². The molecule has 0 aromatic heterocycles. The normalized spacial score (nSPS) is 11.9. The van der Waals surface area contributed by atoms with Crippen molar-refractivity contribution in [3.63, 3.8) is 0 Å². The summed E-state index contributed by atoms with van der Waals surface area (Å²) in [5, 5.41) is 37.2. The van der Waals surface area contributed by atoms with E-state index in [2.05, 4.69) is 20.7 Å². The standard InChI is InChI=1S/C19H24N6O8/c20-25-24-12-6-4-11(5-7-12)16(28)21-10-2-1-3-13(17(29)30)22-19(33)23-14(18(31)32)8-9-15(26)27/h4-7,13-14H,1-3,8-10H2,(H,21,28)(H,26,27)(H,29,30)(H,31,32)(H2,22,23,33)/t13-,14-/m0/s1. The quantitative estimate of drug-likeness (QED) is 0.102. The molecule has 0 fully saturated rings. The highest BCUT2D eigenvalue weighted by Gasteiger charge is 2.24. The van der Waals surface area contributed by atoms with Crippen molar-refractivity contribution in [1.82, 2.24) is 16.0 Å². The Morgan fingerprint density at radius 1 is 0.909 bits per heavy atom. The lowest BCUT2D eigenvalue weighted by Gasteiger charge is -2.18. The Hall–Kier alpha value is -4.32. The van der Waals surface area contributed by atoms with Gasteiger partial charge in [-0.05, 0) is 43.3 Å². The van der Waals surface area contributed by atoms with Crippen LogP contribution in [0.1, 0.15) is 42.5 Å². The molecule has 0 saturated heterocycles. The third-order valence-electron chi connectivity index (χ3n) is 4.35. The van der Waals surface area contributed by atoms with Crippen LogP contribution < -0.4 is 16.0 Å².